The Morgan fingerprint density at radius 1 is 0.839 bits per heavy atom. The molecule has 7 heteroatoms. The molecule has 2 amide bonds. The molecule has 0 unspecified atom stereocenters. The summed E-state index contributed by atoms with van der Waals surface area (Å²) >= 11 is 0. The van der Waals surface area contributed by atoms with Crippen molar-refractivity contribution in [3.63, 3.8) is 0 Å². The van der Waals surface area contributed by atoms with Crippen LogP contribution in [0.1, 0.15) is 18.4 Å². The molecule has 0 saturated carbocycles. The fraction of sp³-hybridized carbons (Fsp3) is 0.333. The fourth-order valence-corrected chi connectivity index (χ4v) is 6.27. The first kappa shape index (κ1) is 20.2. The number of carbonyl (C=O) groups is 2. The van der Waals surface area contributed by atoms with Gasteiger partial charge in [0.05, 0.1) is 22.8 Å². The van der Waals surface area contributed by atoms with Crippen LogP contribution in [0.4, 0.5) is 0 Å². The molecule has 2 aromatic carbocycles. The van der Waals surface area contributed by atoms with Crippen molar-refractivity contribution in [3.05, 3.63) is 66.2 Å². The van der Waals surface area contributed by atoms with Crippen LogP contribution in [-0.4, -0.2) is 48.6 Å². The van der Waals surface area contributed by atoms with Crippen molar-refractivity contribution >= 4 is 21.8 Å². The van der Waals surface area contributed by atoms with Crippen molar-refractivity contribution in [2.24, 2.45) is 11.8 Å². The average molecular weight is 437 g/mol. The molecular formula is C24H24N2O4S. The van der Waals surface area contributed by atoms with Crippen molar-refractivity contribution in [1.82, 2.24) is 9.21 Å². The molecule has 3 aliphatic rings. The third kappa shape index (κ3) is 3.32. The molecule has 0 bridgehead atoms. The Morgan fingerprint density at radius 2 is 1.45 bits per heavy atom. The lowest BCUT2D eigenvalue weighted by Crippen LogP contribution is -2.62. The van der Waals surface area contributed by atoms with E-state index >= 15 is 0 Å². The van der Waals surface area contributed by atoms with Gasteiger partial charge in [-0.2, -0.15) is 4.31 Å². The van der Waals surface area contributed by atoms with E-state index in [9.17, 15) is 18.0 Å². The molecule has 0 N–H and O–H groups in total. The molecule has 6 nitrogen and oxygen atoms in total. The Morgan fingerprint density at radius 3 is 2.03 bits per heavy atom. The van der Waals surface area contributed by atoms with Gasteiger partial charge in [-0.25, -0.2) is 8.42 Å². The van der Waals surface area contributed by atoms with Crippen molar-refractivity contribution in [2.45, 2.75) is 30.7 Å². The molecular weight excluding hydrogens is 412 g/mol. The standard InChI is InChI=1S/C24H24N2O4S/c1-16-5-4-6-18(13-16)17-9-11-20(12-10-17)31(29,30)25-14-19(15-25)26-23(27)21-7-2-3-8-22(21)24(26)28/h2-6,9-13,19,21-22H,7-8,14-15H2,1H3/t21-,22-/m0/s1. The maximum atomic E-state index is 13.0. The number of sulfonamides is 1. The van der Waals surface area contributed by atoms with Gasteiger partial charge < -0.3 is 0 Å². The summed E-state index contributed by atoms with van der Waals surface area (Å²) in [4.78, 5) is 27.0. The van der Waals surface area contributed by atoms with E-state index in [2.05, 4.69) is 6.07 Å². The fourth-order valence-electron chi connectivity index (χ4n) is 4.76. The van der Waals surface area contributed by atoms with Crippen LogP contribution in [0, 0.1) is 18.8 Å². The summed E-state index contributed by atoms with van der Waals surface area (Å²) in [5, 5.41) is 0. The number of carbonyl (C=O) groups excluding carboxylic acids is 2. The van der Waals surface area contributed by atoms with E-state index in [1.54, 1.807) is 12.1 Å². The number of hydrogen-bond acceptors (Lipinski definition) is 4. The van der Waals surface area contributed by atoms with Gasteiger partial charge in [-0.3, -0.25) is 14.5 Å². The first-order valence-electron chi connectivity index (χ1n) is 10.6. The summed E-state index contributed by atoms with van der Waals surface area (Å²) in [5.41, 5.74) is 3.13. The summed E-state index contributed by atoms with van der Waals surface area (Å²) in [6.45, 7) is 2.34. The molecule has 2 atom stereocenters. The predicted octanol–water partition coefficient (Wildman–Crippen LogP) is 2.99. The van der Waals surface area contributed by atoms with Crippen LogP contribution in [0.15, 0.2) is 65.6 Å². The molecule has 2 aromatic rings. The third-order valence-corrected chi connectivity index (χ3v) is 8.42. The number of hydrogen-bond donors (Lipinski definition) is 0. The van der Waals surface area contributed by atoms with E-state index in [4.69, 9.17) is 0 Å². The topological polar surface area (TPSA) is 74.8 Å². The van der Waals surface area contributed by atoms with Crippen LogP contribution in [0.5, 0.6) is 0 Å². The number of amides is 2. The van der Waals surface area contributed by atoms with Gasteiger partial charge in [0.25, 0.3) is 0 Å². The molecule has 1 aliphatic carbocycles. The minimum Gasteiger partial charge on any atom is -0.276 e. The van der Waals surface area contributed by atoms with Crippen LogP contribution in [0.25, 0.3) is 11.1 Å². The first-order valence-corrected chi connectivity index (χ1v) is 12.0. The summed E-state index contributed by atoms with van der Waals surface area (Å²) in [5.74, 6) is -0.859. The monoisotopic (exact) mass is 436 g/mol. The van der Waals surface area contributed by atoms with Crippen LogP contribution in [-0.2, 0) is 19.6 Å². The molecule has 2 heterocycles. The van der Waals surface area contributed by atoms with Gasteiger partial charge in [0, 0.05) is 13.1 Å². The SMILES string of the molecule is Cc1cccc(-c2ccc(S(=O)(=O)N3CC(N4C(=O)[C@H]5CC=CC[C@@H]5C4=O)C3)cc2)c1. The highest BCUT2D eigenvalue weighted by atomic mass is 32.2. The number of benzene rings is 2. The minimum absolute atomic E-state index is 0.149. The molecule has 2 aliphatic heterocycles. The summed E-state index contributed by atoms with van der Waals surface area (Å²) < 4.78 is 27.4. The molecule has 2 fully saturated rings. The van der Waals surface area contributed by atoms with E-state index in [1.165, 1.54) is 9.21 Å². The lowest BCUT2D eigenvalue weighted by Gasteiger charge is -2.42. The van der Waals surface area contributed by atoms with Crippen molar-refractivity contribution in [2.75, 3.05) is 13.1 Å². The second-order valence-corrected chi connectivity index (χ2v) is 10.5. The molecule has 5 rings (SSSR count). The van der Waals surface area contributed by atoms with Crippen molar-refractivity contribution in [1.29, 1.82) is 0 Å². The lowest BCUT2D eigenvalue weighted by atomic mass is 9.85. The Bertz CT molecular complexity index is 1150. The van der Waals surface area contributed by atoms with Crippen molar-refractivity contribution < 1.29 is 18.0 Å². The number of aryl methyl sites for hydroxylation is 1. The minimum atomic E-state index is -3.66. The Hall–Kier alpha value is -2.77. The maximum Gasteiger partial charge on any atom is 0.243 e. The Labute approximate surface area is 182 Å². The number of imide groups is 1. The van der Waals surface area contributed by atoms with Gasteiger partial charge in [0.15, 0.2) is 0 Å². The van der Waals surface area contributed by atoms with Gasteiger partial charge in [-0.05, 0) is 43.0 Å². The maximum absolute atomic E-state index is 13.0. The second kappa shape index (κ2) is 7.43. The quantitative estimate of drug-likeness (QED) is 0.546. The van der Waals surface area contributed by atoms with Gasteiger partial charge in [0.2, 0.25) is 21.8 Å². The lowest BCUT2D eigenvalue weighted by molar-refractivity contribution is -0.145. The summed E-state index contributed by atoms with van der Waals surface area (Å²) in [6, 6.07) is 14.5. The van der Waals surface area contributed by atoms with Crippen molar-refractivity contribution in [3.8, 4) is 11.1 Å². The summed E-state index contributed by atoms with van der Waals surface area (Å²) in [6.07, 6.45) is 5.09. The normalized spacial score (nSPS) is 24.4. The zero-order chi connectivity index (χ0) is 21.8. The number of rotatable bonds is 4. The smallest absolute Gasteiger partial charge is 0.243 e. The van der Waals surface area contributed by atoms with Crippen LogP contribution < -0.4 is 0 Å². The molecule has 160 valence electrons. The van der Waals surface area contributed by atoms with E-state index < -0.39 is 10.0 Å². The van der Waals surface area contributed by atoms with Crippen LogP contribution >= 0.6 is 0 Å². The summed E-state index contributed by atoms with van der Waals surface area (Å²) in [7, 11) is -3.66. The van der Waals surface area contributed by atoms with Crippen LogP contribution in [0.2, 0.25) is 0 Å². The number of nitrogens with zero attached hydrogens (tertiary/aromatic N) is 2. The molecule has 0 aromatic heterocycles. The predicted molar refractivity (Wildman–Crippen MR) is 116 cm³/mol. The number of fused-ring (bicyclic) bond motifs is 1. The van der Waals surface area contributed by atoms with E-state index in [0.717, 1.165) is 16.7 Å². The molecule has 2 saturated heterocycles. The Kier molecular flexibility index (Phi) is 4.83. The molecule has 0 spiro atoms. The Balaban J connectivity index is 1.29. The number of allylic oxidation sites excluding steroid dienone is 2. The first-order chi connectivity index (χ1) is 14.9. The second-order valence-electron chi connectivity index (χ2n) is 8.57. The average Bonchev–Trinajstić information content (AvgIpc) is 2.98. The molecule has 0 radical (unpaired) electrons. The van der Waals surface area contributed by atoms with Gasteiger partial charge >= 0.3 is 0 Å². The highest BCUT2D eigenvalue weighted by Gasteiger charge is 2.53. The van der Waals surface area contributed by atoms with Gasteiger partial charge in [-0.15, -0.1) is 0 Å². The number of likely N-dealkylation sites (tertiary alicyclic amines) is 1. The van der Waals surface area contributed by atoms with E-state index in [-0.39, 0.29) is 47.7 Å². The molecule has 31 heavy (non-hydrogen) atoms. The largest absolute Gasteiger partial charge is 0.276 e. The van der Waals surface area contributed by atoms with E-state index in [1.807, 2.05) is 49.4 Å². The third-order valence-electron chi connectivity index (χ3n) is 6.58. The van der Waals surface area contributed by atoms with Gasteiger partial charge in [0.1, 0.15) is 0 Å². The highest BCUT2D eigenvalue weighted by molar-refractivity contribution is 7.89. The van der Waals surface area contributed by atoms with Gasteiger partial charge in [-0.1, -0.05) is 54.1 Å². The zero-order valence-electron chi connectivity index (χ0n) is 17.3. The van der Waals surface area contributed by atoms with E-state index in [0.29, 0.717) is 12.8 Å². The highest BCUT2D eigenvalue weighted by Crippen LogP contribution is 2.38. The van der Waals surface area contributed by atoms with Crippen LogP contribution in [0.3, 0.4) is 0 Å². The zero-order valence-corrected chi connectivity index (χ0v) is 18.1.